The molecule has 0 radical (unpaired) electrons. The third-order valence-corrected chi connectivity index (χ3v) is 4.77. The minimum Gasteiger partial charge on any atom is -0.497 e. The Kier molecular flexibility index (Phi) is 7.37. The number of nitrogens with zero attached hydrogens (tertiary/aromatic N) is 3. The molecule has 0 saturated carbocycles. The molecule has 1 aromatic heterocycles. The highest BCUT2D eigenvalue weighted by Gasteiger charge is 2.17. The first-order chi connectivity index (χ1) is 15.0. The van der Waals surface area contributed by atoms with Crippen molar-refractivity contribution in [3.63, 3.8) is 0 Å². The van der Waals surface area contributed by atoms with Gasteiger partial charge in [-0.3, -0.25) is 9.59 Å². The molecule has 3 rings (SSSR count). The van der Waals surface area contributed by atoms with E-state index in [2.05, 4.69) is 15.5 Å². The smallest absolute Gasteiger partial charge is 0.243 e. The second kappa shape index (κ2) is 10.4. The van der Waals surface area contributed by atoms with Crippen molar-refractivity contribution >= 4 is 17.5 Å². The summed E-state index contributed by atoms with van der Waals surface area (Å²) in [4.78, 5) is 30.8. The summed E-state index contributed by atoms with van der Waals surface area (Å²) >= 11 is 0. The first-order valence-corrected chi connectivity index (χ1v) is 10.1. The van der Waals surface area contributed by atoms with Gasteiger partial charge in [0.15, 0.2) is 0 Å². The third kappa shape index (κ3) is 6.15. The normalized spacial score (nSPS) is 10.5. The van der Waals surface area contributed by atoms with Crippen molar-refractivity contribution in [2.45, 2.75) is 26.7 Å². The van der Waals surface area contributed by atoms with Gasteiger partial charge in [-0.2, -0.15) is 4.98 Å². The lowest BCUT2D eigenvalue weighted by Crippen LogP contribution is -2.38. The van der Waals surface area contributed by atoms with Gasteiger partial charge in [0, 0.05) is 30.6 Å². The minimum absolute atomic E-state index is 0.0280. The van der Waals surface area contributed by atoms with Crippen LogP contribution in [0.25, 0.3) is 11.4 Å². The number of hydrogen-bond acceptors (Lipinski definition) is 6. The Balaban J connectivity index is 1.51. The van der Waals surface area contributed by atoms with Gasteiger partial charge in [0.1, 0.15) is 5.75 Å². The van der Waals surface area contributed by atoms with Crippen LogP contribution in [0.1, 0.15) is 24.8 Å². The Morgan fingerprint density at radius 3 is 2.45 bits per heavy atom. The van der Waals surface area contributed by atoms with Crippen molar-refractivity contribution in [3.8, 4) is 17.1 Å². The van der Waals surface area contributed by atoms with Crippen LogP contribution in [0.2, 0.25) is 0 Å². The van der Waals surface area contributed by atoms with Gasteiger partial charge >= 0.3 is 0 Å². The van der Waals surface area contributed by atoms with Crippen molar-refractivity contribution in [2.24, 2.45) is 0 Å². The molecule has 0 saturated heterocycles. The Hall–Kier alpha value is -3.68. The Bertz CT molecular complexity index is 1010. The number of likely N-dealkylation sites (N-methyl/N-ethyl adjacent to an activating group) is 1. The molecule has 2 amide bonds. The van der Waals surface area contributed by atoms with E-state index in [-0.39, 0.29) is 24.8 Å². The molecule has 31 heavy (non-hydrogen) atoms. The molecule has 0 aliphatic rings. The molecule has 3 aromatic rings. The number of ether oxygens (including phenoxy) is 1. The van der Waals surface area contributed by atoms with E-state index in [1.165, 1.54) is 4.90 Å². The van der Waals surface area contributed by atoms with E-state index in [0.29, 0.717) is 36.1 Å². The topological polar surface area (TPSA) is 97.6 Å². The zero-order chi connectivity index (χ0) is 22.2. The highest BCUT2D eigenvalue weighted by Crippen LogP contribution is 2.17. The van der Waals surface area contributed by atoms with Crippen LogP contribution in [0.4, 0.5) is 5.69 Å². The Morgan fingerprint density at radius 2 is 1.81 bits per heavy atom. The van der Waals surface area contributed by atoms with Gasteiger partial charge in [0.2, 0.25) is 23.5 Å². The van der Waals surface area contributed by atoms with Gasteiger partial charge in [-0.25, -0.2) is 0 Å². The summed E-state index contributed by atoms with van der Waals surface area (Å²) in [6.07, 6.45) is 0.494. The number of benzene rings is 2. The highest BCUT2D eigenvalue weighted by atomic mass is 16.5. The number of hydrogen-bond donors (Lipinski definition) is 1. The predicted octanol–water partition coefficient (Wildman–Crippen LogP) is 3.47. The number of carbonyl (C=O) groups excluding carboxylic acids is 2. The summed E-state index contributed by atoms with van der Waals surface area (Å²) in [5.74, 6) is 1.17. The first kappa shape index (κ1) is 22.0. The molecule has 1 N–H and O–H groups in total. The van der Waals surface area contributed by atoms with Gasteiger partial charge in [0.05, 0.1) is 13.7 Å². The van der Waals surface area contributed by atoms with Crippen molar-refractivity contribution in [1.29, 1.82) is 0 Å². The van der Waals surface area contributed by atoms with Crippen LogP contribution in [0.3, 0.4) is 0 Å². The maximum Gasteiger partial charge on any atom is 0.243 e. The predicted molar refractivity (Wildman–Crippen MR) is 117 cm³/mol. The van der Waals surface area contributed by atoms with Crippen LogP contribution in [-0.2, 0) is 16.0 Å². The van der Waals surface area contributed by atoms with Gasteiger partial charge in [-0.05, 0) is 38.1 Å². The molecule has 0 aliphatic carbocycles. The number of carbonyl (C=O) groups is 2. The van der Waals surface area contributed by atoms with Crippen molar-refractivity contribution in [2.75, 3.05) is 25.5 Å². The number of aryl methyl sites for hydroxylation is 2. The summed E-state index contributed by atoms with van der Waals surface area (Å²) < 4.78 is 10.4. The van der Waals surface area contributed by atoms with Crippen LogP contribution in [0, 0.1) is 6.92 Å². The van der Waals surface area contributed by atoms with E-state index in [1.54, 1.807) is 31.4 Å². The average molecular weight is 422 g/mol. The summed E-state index contributed by atoms with van der Waals surface area (Å²) in [5.41, 5.74) is 2.65. The molecule has 0 atom stereocenters. The SMILES string of the molecule is CCN(CC(=O)Nc1ccc(OC)cc1)C(=O)CCc1nc(-c2ccc(C)cc2)no1. The second-order valence-corrected chi connectivity index (χ2v) is 7.06. The fraction of sp³-hybridized carbons (Fsp3) is 0.304. The maximum absolute atomic E-state index is 12.6. The molecular formula is C23H26N4O4. The summed E-state index contributed by atoms with van der Waals surface area (Å²) in [7, 11) is 1.58. The molecule has 0 spiro atoms. The van der Waals surface area contributed by atoms with E-state index in [1.807, 2.05) is 38.1 Å². The van der Waals surface area contributed by atoms with E-state index in [4.69, 9.17) is 9.26 Å². The van der Waals surface area contributed by atoms with E-state index < -0.39 is 0 Å². The lowest BCUT2D eigenvalue weighted by atomic mass is 10.1. The monoisotopic (exact) mass is 422 g/mol. The number of amides is 2. The van der Waals surface area contributed by atoms with Crippen LogP contribution in [0.15, 0.2) is 53.1 Å². The van der Waals surface area contributed by atoms with Crippen LogP contribution >= 0.6 is 0 Å². The van der Waals surface area contributed by atoms with E-state index >= 15 is 0 Å². The van der Waals surface area contributed by atoms with E-state index in [0.717, 1.165) is 11.1 Å². The van der Waals surface area contributed by atoms with E-state index in [9.17, 15) is 9.59 Å². The molecule has 8 nitrogen and oxygen atoms in total. The number of nitrogens with one attached hydrogen (secondary N) is 1. The first-order valence-electron chi connectivity index (χ1n) is 10.1. The molecule has 0 aliphatic heterocycles. The molecule has 0 bridgehead atoms. The standard InChI is InChI=1S/C23H26N4O4/c1-4-27(15-20(28)24-18-9-11-19(30-3)12-10-18)22(29)14-13-21-25-23(26-31-21)17-7-5-16(2)6-8-17/h5-12H,4,13-15H2,1-3H3,(H,24,28). The van der Waals surface area contributed by atoms with Gasteiger partial charge in [0.25, 0.3) is 0 Å². The largest absolute Gasteiger partial charge is 0.497 e. The number of methoxy groups -OCH3 is 1. The minimum atomic E-state index is -0.264. The lowest BCUT2D eigenvalue weighted by molar-refractivity contribution is -0.134. The van der Waals surface area contributed by atoms with Crippen molar-refractivity contribution in [1.82, 2.24) is 15.0 Å². The van der Waals surface area contributed by atoms with Crippen LogP contribution in [-0.4, -0.2) is 47.1 Å². The molecular weight excluding hydrogens is 396 g/mol. The fourth-order valence-electron chi connectivity index (χ4n) is 2.97. The molecule has 1 heterocycles. The molecule has 2 aromatic carbocycles. The zero-order valence-corrected chi connectivity index (χ0v) is 17.9. The average Bonchev–Trinajstić information content (AvgIpc) is 3.26. The summed E-state index contributed by atoms with van der Waals surface area (Å²) in [5, 5.41) is 6.77. The molecule has 8 heteroatoms. The van der Waals surface area contributed by atoms with Crippen LogP contribution in [0.5, 0.6) is 5.75 Å². The number of rotatable bonds is 9. The van der Waals surface area contributed by atoms with Crippen LogP contribution < -0.4 is 10.1 Å². The summed E-state index contributed by atoms with van der Waals surface area (Å²) in [6.45, 7) is 4.24. The Labute approximate surface area is 181 Å². The van der Waals surface area contributed by atoms with Crippen molar-refractivity contribution in [3.05, 3.63) is 60.0 Å². The maximum atomic E-state index is 12.6. The summed E-state index contributed by atoms with van der Waals surface area (Å²) in [6, 6.07) is 14.8. The third-order valence-electron chi connectivity index (χ3n) is 4.77. The number of anilines is 1. The Morgan fingerprint density at radius 1 is 1.10 bits per heavy atom. The molecule has 0 fully saturated rings. The fourth-order valence-corrected chi connectivity index (χ4v) is 2.97. The van der Waals surface area contributed by atoms with Gasteiger partial charge in [-0.15, -0.1) is 0 Å². The van der Waals surface area contributed by atoms with Gasteiger partial charge in [-0.1, -0.05) is 35.0 Å². The van der Waals surface area contributed by atoms with Gasteiger partial charge < -0.3 is 19.5 Å². The molecule has 0 unspecified atom stereocenters. The molecule has 162 valence electrons. The lowest BCUT2D eigenvalue weighted by Gasteiger charge is -2.20. The highest BCUT2D eigenvalue weighted by molar-refractivity contribution is 5.94. The zero-order valence-electron chi connectivity index (χ0n) is 17.9. The number of aromatic nitrogens is 2. The second-order valence-electron chi connectivity index (χ2n) is 7.06. The van der Waals surface area contributed by atoms with Crippen molar-refractivity contribution < 1.29 is 18.8 Å². The quantitative estimate of drug-likeness (QED) is 0.567.